The van der Waals surface area contributed by atoms with E-state index in [0.717, 1.165) is 10.5 Å². The van der Waals surface area contributed by atoms with E-state index in [4.69, 9.17) is 4.74 Å². The molecule has 0 bridgehead atoms. The maximum absolute atomic E-state index is 5.41. The van der Waals surface area contributed by atoms with Gasteiger partial charge in [0, 0.05) is 19.0 Å². The van der Waals surface area contributed by atoms with Crippen LogP contribution < -0.4 is 4.80 Å². The zero-order valence-electron chi connectivity index (χ0n) is 12.0. The molecule has 2 aromatic rings. The molecule has 0 saturated heterocycles. The predicted molar refractivity (Wildman–Crippen MR) is 88.7 cm³/mol. The van der Waals surface area contributed by atoms with Crippen molar-refractivity contribution in [3.63, 3.8) is 0 Å². The Morgan fingerprint density at radius 3 is 2.70 bits per heavy atom. The molecule has 1 aromatic carbocycles. The lowest BCUT2D eigenvalue weighted by molar-refractivity contribution is 0.157. The first kappa shape index (κ1) is 15.4. The molecule has 0 saturated carbocycles. The van der Waals surface area contributed by atoms with Gasteiger partial charge in [-0.25, -0.2) is 0 Å². The second-order valence-corrected chi connectivity index (χ2v) is 7.04. The quantitative estimate of drug-likeness (QED) is 0.471. The molecule has 0 amide bonds. The van der Waals surface area contributed by atoms with Gasteiger partial charge in [0.15, 0.2) is 0 Å². The van der Waals surface area contributed by atoms with Gasteiger partial charge in [0.25, 0.3) is 0 Å². The number of rotatable bonds is 4. The molecule has 6 heteroatoms. The lowest BCUT2D eigenvalue weighted by Gasteiger charge is -2.16. The third-order valence-electron chi connectivity index (χ3n) is 3.09. The standard InChI is InChI=1S/C14H18BrN3OS/c1-9(15)13(19-4)10(2)16-17-14-18(3)11-7-5-6-8-12(11)20-14/h5-9,13H,1-4H3/b16-10+,17-14+. The Labute approximate surface area is 130 Å². The first-order chi connectivity index (χ1) is 9.54. The molecule has 0 aliphatic carbocycles. The van der Waals surface area contributed by atoms with Crippen LogP contribution in [0.3, 0.4) is 0 Å². The summed E-state index contributed by atoms with van der Waals surface area (Å²) < 4.78 is 8.67. The van der Waals surface area contributed by atoms with Crippen molar-refractivity contribution in [3.8, 4) is 0 Å². The fourth-order valence-electron chi connectivity index (χ4n) is 2.05. The summed E-state index contributed by atoms with van der Waals surface area (Å²) in [6, 6.07) is 8.24. The second kappa shape index (κ2) is 6.65. The Bertz CT molecular complexity index is 687. The number of aryl methyl sites for hydroxylation is 1. The molecule has 1 heterocycles. The molecule has 20 heavy (non-hydrogen) atoms. The first-order valence-corrected chi connectivity index (χ1v) is 8.07. The van der Waals surface area contributed by atoms with Crippen molar-refractivity contribution >= 4 is 43.2 Å². The van der Waals surface area contributed by atoms with E-state index in [1.807, 2.05) is 33.0 Å². The number of alkyl halides is 1. The summed E-state index contributed by atoms with van der Waals surface area (Å²) in [7, 11) is 3.68. The minimum absolute atomic E-state index is 0.0709. The van der Waals surface area contributed by atoms with E-state index in [-0.39, 0.29) is 10.9 Å². The highest BCUT2D eigenvalue weighted by Gasteiger charge is 2.17. The van der Waals surface area contributed by atoms with Gasteiger partial charge in [0.2, 0.25) is 4.80 Å². The Kier molecular flexibility index (Phi) is 5.12. The summed E-state index contributed by atoms with van der Waals surface area (Å²) in [5.41, 5.74) is 2.02. The topological polar surface area (TPSA) is 38.9 Å². The monoisotopic (exact) mass is 355 g/mol. The Morgan fingerprint density at radius 2 is 2.10 bits per heavy atom. The molecular formula is C14H18BrN3OS. The minimum atomic E-state index is -0.0709. The van der Waals surface area contributed by atoms with E-state index in [2.05, 4.69) is 42.8 Å². The van der Waals surface area contributed by atoms with E-state index >= 15 is 0 Å². The lowest BCUT2D eigenvalue weighted by atomic mass is 10.2. The third kappa shape index (κ3) is 3.19. The largest absolute Gasteiger partial charge is 0.374 e. The zero-order chi connectivity index (χ0) is 14.7. The zero-order valence-corrected chi connectivity index (χ0v) is 14.4. The van der Waals surface area contributed by atoms with Crippen LogP contribution in [0.1, 0.15) is 13.8 Å². The molecule has 1 aromatic heterocycles. The van der Waals surface area contributed by atoms with Gasteiger partial charge in [-0.15, -0.1) is 5.10 Å². The molecule has 4 nitrogen and oxygen atoms in total. The molecule has 0 fully saturated rings. The molecule has 2 atom stereocenters. The van der Waals surface area contributed by atoms with Crippen LogP contribution in [0.4, 0.5) is 0 Å². The van der Waals surface area contributed by atoms with Crippen molar-refractivity contribution in [3.05, 3.63) is 29.1 Å². The van der Waals surface area contributed by atoms with Gasteiger partial charge in [-0.2, -0.15) is 5.10 Å². The van der Waals surface area contributed by atoms with Crippen LogP contribution in [-0.4, -0.2) is 28.3 Å². The molecule has 2 rings (SSSR count). The molecule has 0 aliphatic rings. The summed E-state index contributed by atoms with van der Waals surface area (Å²) in [6.45, 7) is 3.97. The fourth-order valence-corrected chi connectivity index (χ4v) is 3.62. The molecule has 2 unspecified atom stereocenters. The number of nitrogens with zero attached hydrogens (tertiary/aromatic N) is 3. The van der Waals surface area contributed by atoms with Gasteiger partial charge in [0.1, 0.15) is 6.10 Å². The average Bonchev–Trinajstić information content (AvgIpc) is 2.74. The van der Waals surface area contributed by atoms with E-state index in [1.54, 1.807) is 18.4 Å². The SMILES string of the molecule is COC(/C(C)=N/N=c1/sc2ccccc2n1C)C(C)Br. The summed E-state index contributed by atoms with van der Waals surface area (Å²) in [4.78, 5) is 1.07. The minimum Gasteiger partial charge on any atom is -0.374 e. The second-order valence-electron chi connectivity index (χ2n) is 4.59. The van der Waals surface area contributed by atoms with Gasteiger partial charge in [0.05, 0.1) is 15.9 Å². The van der Waals surface area contributed by atoms with Crippen LogP contribution in [0, 0.1) is 0 Å². The van der Waals surface area contributed by atoms with Gasteiger partial charge < -0.3 is 9.30 Å². The number of thiazole rings is 1. The average molecular weight is 356 g/mol. The number of ether oxygens (including phenoxy) is 1. The number of fused-ring (bicyclic) bond motifs is 1. The Balaban J connectivity index is 2.41. The highest BCUT2D eigenvalue weighted by Crippen LogP contribution is 2.15. The fraction of sp³-hybridized carbons (Fsp3) is 0.429. The molecule has 0 aliphatic heterocycles. The summed E-state index contributed by atoms with van der Waals surface area (Å²) >= 11 is 5.15. The molecular weight excluding hydrogens is 338 g/mol. The van der Waals surface area contributed by atoms with Crippen LogP contribution >= 0.6 is 27.3 Å². The maximum atomic E-state index is 5.41. The summed E-state index contributed by atoms with van der Waals surface area (Å²) in [5, 5.41) is 8.68. The number of hydrogen-bond donors (Lipinski definition) is 0. The van der Waals surface area contributed by atoms with Gasteiger partial charge in [-0.1, -0.05) is 39.4 Å². The van der Waals surface area contributed by atoms with Crippen molar-refractivity contribution in [2.45, 2.75) is 24.8 Å². The van der Waals surface area contributed by atoms with Gasteiger partial charge >= 0.3 is 0 Å². The molecule has 0 N–H and O–H groups in total. The smallest absolute Gasteiger partial charge is 0.211 e. The number of para-hydroxylation sites is 1. The van der Waals surface area contributed by atoms with Crippen LogP contribution in [0.2, 0.25) is 0 Å². The summed E-state index contributed by atoms with van der Waals surface area (Å²) in [6.07, 6.45) is -0.0709. The highest BCUT2D eigenvalue weighted by molar-refractivity contribution is 9.09. The Hall–Kier alpha value is -0.980. The molecule has 108 valence electrons. The number of aromatic nitrogens is 1. The van der Waals surface area contributed by atoms with Crippen molar-refractivity contribution in [2.24, 2.45) is 17.3 Å². The third-order valence-corrected chi connectivity index (χ3v) is 4.67. The lowest BCUT2D eigenvalue weighted by Crippen LogP contribution is -2.28. The van der Waals surface area contributed by atoms with Crippen molar-refractivity contribution in [1.82, 2.24) is 4.57 Å². The van der Waals surface area contributed by atoms with Crippen molar-refractivity contribution in [1.29, 1.82) is 0 Å². The summed E-state index contributed by atoms with van der Waals surface area (Å²) in [5.74, 6) is 0. The predicted octanol–water partition coefficient (Wildman–Crippen LogP) is 3.31. The van der Waals surface area contributed by atoms with Crippen molar-refractivity contribution in [2.75, 3.05) is 7.11 Å². The number of hydrogen-bond acceptors (Lipinski definition) is 4. The van der Waals surface area contributed by atoms with Crippen LogP contribution in [0.25, 0.3) is 10.2 Å². The van der Waals surface area contributed by atoms with Gasteiger partial charge in [-0.05, 0) is 26.0 Å². The van der Waals surface area contributed by atoms with E-state index < -0.39 is 0 Å². The normalized spacial score (nSPS) is 16.6. The van der Waals surface area contributed by atoms with Crippen LogP contribution in [0.15, 0.2) is 34.5 Å². The maximum Gasteiger partial charge on any atom is 0.211 e. The highest BCUT2D eigenvalue weighted by atomic mass is 79.9. The van der Waals surface area contributed by atoms with Crippen LogP contribution in [-0.2, 0) is 11.8 Å². The van der Waals surface area contributed by atoms with E-state index in [9.17, 15) is 0 Å². The Morgan fingerprint density at radius 1 is 1.40 bits per heavy atom. The first-order valence-electron chi connectivity index (χ1n) is 6.34. The van der Waals surface area contributed by atoms with Gasteiger partial charge in [-0.3, -0.25) is 0 Å². The number of methoxy groups -OCH3 is 1. The molecule has 0 radical (unpaired) electrons. The number of benzene rings is 1. The number of halogens is 1. The van der Waals surface area contributed by atoms with E-state index in [1.165, 1.54) is 10.2 Å². The van der Waals surface area contributed by atoms with E-state index in [0.29, 0.717) is 0 Å². The molecule has 0 spiro atoms. The van der Waals surface area contributed by atoms with Crippen molar-refractivity contribution < 1.29 is 4.74 Å². The van der Waals surface area contributed by atoms with Crippen LogP contribution in [0.5, 0.6) is 0 Å².